The maximum Gasteiger partial charge on any atom is 0.264 e. The number of nitrogens with one attached hydrogen (secondary N) is 1. The minimum Gasteiger partial charge on any atom is -0.345 e. The van der Waals surface area contributed by atoms with Gasteiger partial charge in [-0.25, -0.2) is 4.98 Å². The standard InChI is InChI=1S/C21H20N4O2S/c1-15-18(28-21(23-15)25-13-4-5-14-25)19(26)22-12-6-7-16-8-10-17(11-9-16)20(27)24(2)3/h4-5,8-11,13-14H,12H2,1-3H3,(H,22,26). The lowest BCUT2D eigenvalue weighted by atomic mass is 10.1. The molecule has 3 aromatic rings. The number of thiazole rings is 1. The second-order valence-corrected chi connectivity index (χ2v) is 7.24. The monoisotopic (exact) mass is 392 g/mol. The summed E-state index contributed by atoms with van der Waals surface area (Å²) < 4.78 is 1.87. The summed E-state index contributed by atoms with van der Waals surface area (Å²) >= 11 is 1.34. The Hall–Kier alpha value is -3.37. The molecule has 0 bridgehead atoms. The number of rotatable bonds is 4. The van der Waals surface area contributed by atoms with Gasteiger partial charge in [0.25, 0.3) is 11.8 Å². The van der Waals surface area contributed by atoms with Crippen LogP contribution in [0.3, 0.4) is 0 Å². The van der Waals surface area contributed by atoms with Crippen molar-refractivity contribution < 1.29 is 9.59 Å². The molecule has 1 N–H and O–H groups in total. The Labute approximate surface area is 167 Å². The molecule has 2 aromatic heterocycles. The zero-order chi connectivity index (χ0) is 20.1. The van der Waals surface area contributed by atoms with E-state index in [-0.39, 0.29) is 18.4 Å². The lowest BCUT2D eigenvalue weighted by Gasteiger charge is -2.09. The van der Waals surface area contributed by atoms with Crippen LogP contribution in [0.4, 0.5) is 0 Å². The number of carbonyl (C=O) groups excluding carboxylic acids is 2. The number of aromatic nitrogens is 2. The van der Waals surface area contributed by atoms with E-state index in [2.05, 4.69) is 22.1 Å². The van der Waals surface area contributed by atoms with Gasteiger partial charge in [-0.05, 0) is 43.3 Å². The topological polar surface area (TPSA) is 67.2 Å². The molecule has 3 rings (SSSR count). The SMILES string of the molecule is Cc1nc(-n2cccc2)sc1C(=O)NCC#Cc1ccc(C(=O)N(C)C)cc1. The summed E-state index contributed by atoms with van der Waals surface area (Å²) in [5.41, 5.74) is 2.09. The summed E-state index contributed by atoms with van der Waals surface area (Å²) in [5.74, 6) is 5.68. The van der Waals surface area contributed by atoms with Gasteiger partial charge in [0, 0.05) is 37.6 Å². The Bertz CT molecular complexity index is 1040. The van der Waals surface area contributed by atoms with E-state index >= 15 is 0 Å². The van der Waals surface area contributed by atoms with E-state index in [1.54, 1.807) is 38.4 Å². The molecule has 0 fully saturated rings. The fourth-order valence-electron chi connectivity index (χ4n) is 2.47. The van der Waals surface area contributed by atoms with Crippen molar-refractivity contribution in [3.63, 3.8) is 0 Å². The van der Waals surface area contributed by atoms with Gasteiger partial charge in [0.15, 0.2) is 5.13 Å². The van der Waals surface area contributed by atoms with Gasteiger partial charge in [-0.3, -0.25) is 9.59 Å². The third kappa shape index (κ3) is 4.48. The van der Waals surface area contributed by atoms with Crippen molar-refractivity contribution in [2.45, 2.75) is 6.92 Å². The molecule has 0 aliphatic carbocycles. The fraction of sp³-hybridized carbons (Fsp3) is 0.190. The van der Waals surface area contributed by atoms with Crippen molar-refractivity contribution in [2.24, 2.45) is 0 Å². The summed E-state index contributed by atoms with van der Waals surface area (Å²) in [6.45, 7) is 2.05. The minimum atomic E-state index is -0.186. The molecule has 7 heteroatoms. The van der Waals surface area contributed by atoms with Crippen molar-refractivity contribution in [3.05, 3.63) is 70.5 Å². The number of amides is 2. The maximum absolute atomic E-state index is 12.4. The van der Waals surface area contributed by atoms with E-state index in [0.29, 0.717) is 16.1 Å². The molecule has 0 unspecified atom stereocenters. The largest absolute Gasteiger partial charge is 0.345 e. The Kier molecular flexibility index (Phi) is 5.92. The molecule has 0 saturated heterocycles. The lowest BCUT2D eigenvalue weighted by molar-refractivity contribution is 0.0827. The van der Waals surface area contributed by atoms with Crippen LogP contribution in [0.1, 0.15) is 31.3 Å². The van der Waals surface area contributed by atoms with Crippen LogP contribution in [0.15, 0.2) is 48.8 Å². The van der Waals surface area contributed by atoms with Crippen LogP contribution in [0.25, 0.3) is 5.13 Å². The number of aryl methyl sites for hydroxylation is 1. The highest BCUT2D eigenvalue weighted by atomic mass is 32.1. The maximum atomic E-state index is 12.4. The van der Waals surface area contributed by atoms with Crippen molar-refractivity contribution >= 4 is 23.2 Å². The van der Waals surface area contributed by atoms with Gasteiger partial charge in [-0.15, -0.1) is 0 Å². The molecule has 0 aliphatic rings. The predicted octanol–water partition coefficient (Wildman–Crippen LogP) is 2.73. The Morgan fingerprint density at radius 3 is 2.50 bits per heavy atom. The first-order valence-corrected chi connectivity index (χ1v) is 9.47. The Morgan fingerprint density at radius 2 is 1.86 bits per heavy atom. The van der Waals surface area contributed by atoms with Crippen LogP contribution in [-0.4, -0.2) is 46.9 Å². The van der Waals surface area contributed by atoms with E-state index < -0.39 is 0 Å². The smallest absolute Gasteiger partial charge is 0.264 e. The van der Waals surface area contributed by atoms with Crippen LogP contribution in [0, 0.1) is 18.8 Å². The summed E-state index contributed by atoms with van der Waals surface area (Å²) in [4.78, 5) is 30.8. The normalized spacial score (nSPS) is 10.1. The van der Waals surface area contributed by atoms with E-state index in [4.69, 9.17) is 0 Å². The van der Waals surface area contributed by atoms with Crippen molar-refractivity contribution in [1.29, 1.82) is 0 Å². The Morgan fingerprint density at radius 1 is 1.18 bits per heavy atom. The molecule has 1 aromatic carbocycles. The highest BCUT2D eigenvalue weighted by molar-refractivity contribution is 7.16. The third-order valence-corrected chi connectivity index (χ3v) is 5.09. The van der Waals surface area contributed by atoms with Gasteiger partial charge in [0.2, 0.25) is 0 Å². The number of hydrogen-bond acceptors (Lipinski definition) is 4. The van der Waals surface area contributed by atoms with Gasteiger partial charge in [-0.1, -0.05) is 23.2 Å². The van der Waals surface area contributed by atoms with E-state index in [1.807, 2.05) is 36.0 Å². The highest BCUT2D eigenvalue weighted by Crippen LogP contribution is 2.21. The fourth-order valence-corrected chi connectivity index (χ4v) is 3.42. The zero-order valence-corrected chi connectivity index (χ0v) is 16.7. The third-order valence-electron chi connectivity index (χ3n) is 3.92. The zero-order valence-electron chi connectivity index (χ0n) is 15.9. The summed E-state index contributed by atoms with van der Waals surface area (Å²) in [7, 11) is 3.43. The van der Waals surface area contributed by atoms with Gasteiger partial charge in [0.1, 0.15) is 4.88 Å². The first-order chi connectivity index (χ1) is 13.5. The van der Waals surface area contributed by atoms with Crippen LogP contribution in [0.2, 0.25) is 0 Å². The molecule has 0 spiro atoms. The van der Waals surface area contributed by atoms with E-state index in [1.165, 1.54) is 16.2 Å². The second kappa shape index (κ2) is 8.55. The average Bonchev–Trinajstić information content (AvgIpc) is 3.34. The van der Waals surface area contributed by atoms with Crippen LogP contribution in [-0.2, 0) is 0 Å². The van der Waals surface area contributed by atoms with Crippen molar-refractivity contribution in [3.8, 4) is 17.0 Å². The molecule has 6 nitrogen and oxygen atoms in total. The van der Waals surface area contributed by atoms with Gasteiger partial charge in [0.05, 0.1) is 12.2 Å². The first kappa shape index (κ1) is 19.4. The van der Waals surface area contributed by atoms with Crippen molar-refractivity contribution in [1.82, 2.24) is 19.8 Å². The molecular formula is C21H20N4O2S. The first-order valence-electron chi connectivity index (χ1n) is 8.65. The summed E-state index contributed by atoms with van der Waals surface area (Å²) in [5, 5.41) is 3.56. The highest BCUT2D eigenvalue weighted by Gasteiger charge is 2.15. The van der Waals surface area contributed by atoms with E-state index in [0.717, 1.165) is 10.7 Å². The molecular weight excluding hydrogens is 372 g/mol. The molecule has 142 valence electrons. The summed E-state index contributed by atoms with van der Waals surface area (Å²) in [6, 6.07) is 10.9. The Balaban J connectivity index is 1.59. The van der Waals surface area contributed by atoms with Gasteiger partial charge in [-0.2, -0.15) is 0 Å². The number of benzene rings is 1. The summed E-state index contributed by atoms with van der Waals surface area (Å²) in [6.07, 6.45) is 3.78. The molecule has 0 atom stereocenters. The molecule has 28 heavy (non-hydrogen) atoms. The van der Waals surface area contributed by atoms with Crippen LogP contribution >= 0.6 is 11.3 Å². The number of hydrogen-bond donors (Lipinski definition) is 1. The second-order valence-electron chi connectivity index (χ2n) is 6.26. The van der Waals surface area contributed by atoms with Crippen molar-refractivity contribution in [2.75, 3.05) is 20.6 Å². The number of carbonyl (C=O) groups is 2. The van der Waals surface area contributed by atoms with Gasteiger partial charge < -0.3 is 14.8 Å². The predicted molar refractivity (Wildman–Crippen MR) is 110 cm³/mol. The molecule has 2 heterocycles. The van der Waals surface area contributed by atoms with Crippen LogP contribution < -0.4 is 5.32 Å². The molecule has 0 radical (unpaired) electrons. The van der Waals surface area contributed by atoms with Crippen LogP contribution in [0.5, 0.6) is 0 Å². The quantitative estimate of drug-likeness (QED) is 0.694. The average molecular weight is 392 g/mol. The molecule has 0 aliphatic heterocycles. The molecule has 2 amide bonds. The minimum absolute atomic E-state index is 0.0500. The lowest BCUT2D eigenvalue weighted by Crippen LogP contribution is -2.23. The number of nitrogens with zero attached hydrogens (tertiary/aromatic N) is 3. The van der Waals surface area contributed by atoms with E-state index in [9.17, 15) is 9.59 Å². The van der Waals surface area contributed by atoms with Gasteiger partial charge >= 0.3 is 0 Å². The molecule has 0 saturated carbocycles.